The standard InChI is InChI=1S/C16H24N2O2.ClH/c1-12-6-7-15(13(2)9-12)20-11-16(19)18-8-4-3-5-14(18)10-17;/h6-7,9,14H,3-5,8,10-11,17H2,1-2H3;1H. The van der Waals surface area contributed by atoms with Crippen LogP contribution in [0, 0.1) is 13.8 Å². The molecule has 1 saturated heterocycles. The molecule has 0 spiro atoms. The summed E-state index contributed by atoms with van der Waals surface area (Å²) in [6.07, 6.45) is 3.22. The molecule has 21 heavy (non-hydrogen) atoms. The molecule has 0 aromatic heterocycles. The number of carbonyl (C=O) groups is 1. The van der Waals surface area contributed by atoms with Crippen LogP contribution in [0.1, 0.15) is 30.4 Å². The zero-order chi connectivity index (χ0) is 14.5. The molecule has 0 saturated carbocycles. The summed E-state index contributed by atoms with van der Waals surface area (Å²) in [5.41, 5.74) is 8.00. The van der Waals surface area contributed by atoms with Crippen molar-refractivity contribution in [3.05, 3.63) is 29.3 Å². The van der Waals surface area contributed by atoms with Gasteiger partial charge in [0, 0.05) is 19.1 Å². The lowest BCUT2D eigenvalue weighted by Crippen LogP contribution is -2.49. The van der Waals surface area contributed by atoms with Crippen LogP contribution in [0.25, 0.3) is 0 Å². The van der Waals surface area contributed by atoms with Crippen molar-refractivity contribution in [1.29, 1.82) is 0 Å². The molecular formula is C16H25ClN2O2. The van der Waals surface area contributed by atoms with E-state index in [4.69, 9.17) is 10.5 Å². The van der Waals surface area contributed by atoms with Crippen LogP contribution >= 0.6 is 12.4 Å². The second kappa shape index (κ2) is 8.25. The number of likely N-dealkylation sites (tertiary alicyclic amines) is 1. The Bertz CT molecular complexity index is 479. The average Bonchev–Trinajstić information content (AvgIpc) is 2.46. The minimum Gasteiger partial charge on any atom is -0.484 e. The number of hydrogen-bond donors (Lipinski definition) is 1. The third-order valence-corrected chi connectivity index (χ3v) is 3.90. The Hall–Kier alpha value is -1.26. The van der Waals surface area contributed by atoms with Gasteiger partial charge in [-0.3, -0.25) is 4.79 Å². The fraction of sp³-hybridized carbons (Fsp3) is 0.562. The van der Waals surface area contributed by atoms with Crippen LogP contribution < -0.4 is 10.5 Å². The summed E-state index contributed by atoms with van der Waals surface area (Å²) in [6, 6.07) is 6.16. The molecule has 5 heteroatoms. The van der Waals surface area contributed by atoms with Gasteiger partial charge in [-0.15, -0.1) is 12.4 Å². The number of ether oxygens (including phenoxy) is 1. The zero-order valence-corrected chi connectivity index (χ0v) is 13.6. The number of nitrogens with zero attached hydrogens (tertiary/aromatic N) is 1. The summed E-state index contributed by atoms with van der Waals surface area (Å²) in [5.74, 6) is 0.824. The summed E-state index contributed by atoms with van der Waals surface area (Å²) in [7, 11) is 0. The summed E-state index contributed by atoms with van der Waals surface area (Å²) >= 11 is 0. The number of halogens is 1. The van der Waals surface area contributed by atoms with Crippen LogP contribution in [0.3, 0.4) is 0 Å². The number of amides is 1. The summed E-state index contributed by atoms with van der Waals surface area (Å²) in [4.78, 5) is 14.1. The quantitative estimate of drug-likeness (QED) is 0.929. The van der Waals surface area contributed by atoms with Crippen molar-refractivity contribution in [2.45, 2.75) is 39.2 Å². The first kappa shape index (κ1) is 17.8. The largest absolute Gasteiger partial charge is 0.484 e. The van der Waals surface area contributed by atoms with Gasteiger partial charge in [0.25, 0.3) is 5.91 Å². The molecule has 1 heterocycles. The van der Waals surface area contributed by atoms with E-state index in [-0.39, 0.29) is 31.0 Å². The van der Waals surface area contributed by atoms with Crippen molar-refractivity contribution in [1.82, 2.24) is 4.90 Å². The third kappa shape index (κ3) is 4.61. The fourth-order valence-electron chi connectivity index (χ4n) is 2.76. The lowest BCUT2D eigenvalue weighted by molar-refractivity contribution is -0.136. The van der Waals surface area contributed by atoms with E-state index in [0.717, 1.165) is 37.1 Å². The van der Waals surface area contributed by atoms with Crippen molar-refractivity contribution in [2.75, 3.05) is 19.7 Å². The first-order valence-corrected chi connectivity index (χ1v) is 7.31. The number of benzene rings is 1. The van der Waals surface area contributed by atoms with Crippen molar-refractivity contribution in [2.24, 2.45) is 5.73 Å². The van der Waals surface area contributed by atoms with E-state index in [1.165, 1.54) is 5.56 Å². The Morgan fingerprint density at radius 1 is 1.38 bits per heavy atom. The van der Waals surface area contributed by atoms with E-state index in [1.807, 2.05) is 30.9 Å². The molecule has 1 amide bonds. The van der Waals surface area contributed by atoms with Crippen LogP contribution in [-0.4, -0.2) is 36.5 Å². The van der Waals surface area contributed by atoms with Crippen molar-refractivity contribution >= 4 is 18.3 Å². The van der Waals surface area contributed by atoms with Crippen molar-refractivity contribution in [3.8, 4) is 5.75 Å². The molecule has 1 aliphatic heterocycles. The molecule has 1 atom stereocenters. The maximum absolute atomic E-state index is 12.3. The molecule has 1 unspecified atom stereocenters. The Balaban J connectivity index is 0.00000220. The second-order valence-corrected chi connectivity index (χ2v) is 5.53. The topological polar surface area (TPSA) is 55.6 Å². The zero-order valence-electron chi connectivity index (χ0n) is 12.8. The van der Waals surface area contributed by atoms with E-state index < -0.39 is 0 Å². The lowest BCUT2D eigenvalue weighted by Gasteiger charge is -2.35. The molecule has 0 bridgehead atoms. The van der Waals surface area contributed by atoms with Gasteiger partial charge in [0.15, 0.2) is 6.61 Å². The van der Waals surface area contributed by atoms with Gasteiger partial charge in [0.1, 0.15) is 5.75 Å². The van der Waals surface area contributed by atoms with E-state index >= 15 is 0 Å². The van der Waals surface area contributed by atoms with E-state index in [2.05, 4.69) is 6.07 Å². The van der Waals surface area contributed by atoms with E-state index in [9.17, 15) is 4.79 Å². The Morgan fingerprint density at radius 2 is 2.14 bits per heavy atom. The average molecular weight is 313 g/mol. The maximum Gasteiger partial charge on any atom is 0.260 e. The van der Waals surface area contributed by atoms with Gasteiger partial charge in [-0.2, -0.15) is 0 Å². The molecule has 1 fully saturated rings. The molecular weight excluding hydrogens is 288 g/mol. The number of aryl methyl sites for hydroxylation is 2. The van der Waals surface area contributed by atoms with Gasteiger partial charge in [-0.1, -0.05) is 17.7 Å². The first-order chi connectivity index (χ1) is 9.61. The van der Waals surface area contributed by atoms with Crippen molar-refractivity contribution < 1.29 is 9.53 Å². The lowest BCUT2D eigenvalue weighted by atomic mass is 10.0. The van der Waals surface area contributed by atoms with Crippen LogP contribution in [0.5, 0.6) is 5.75 Å². The van der Waals surface area contributed by atoms with Crippen LogP contribution in [0.2, 0.25) is 0 Å². The Labute approximate surface area is 133 Å². The number of nitrogens with two attached hydrogens (primary N) is 1. The first-order valence-electron chi connectivity index (χ1n) is 7.31. The summed E-state index contributed by atoms with van der Waals surface area (Å²) in [6.45, 7) is 5.48. The molecule has 1 aromatic carbocycles. The highest BCUT2D eigenvalue weighted by Crippen LogP contribution is 2.20. The molecule has 1 aliphatic rings. The SMILES string of the molecule is Cc1ccc(OCC(=O)N2CCCCC2CN)c(C)c1.Cl. The van der Waals surface area contributed by atoms with E-state index in [0.29, 0.717) is 6.54 Å². The summed E-state index contributed by atoms with van der Waals surface area (Å²) < 4.78 is 5.67. The minimum absolute atomic E-state index is 0. The Kier molecular flexibility index (Phi) is 6.99. The monoisotopic (exact) mass is 312 g/mol. The summed E-state index contributed by atoms with van der Waals surface area (Å²) in [5, 5.41) is 0. The second-order valence-electron chi connectivity index (χ2n) is 5.53. The smallest absolute Gasteiger partial charge is 0.260 e. The van der Waals surface area contributed by atoms with Gasteiger partial charge < -0.3 is 15.4 Å². The predicted octanol–water partition coefficient (Wildman–Crippen LogP) is 2.44. The molecule has 0 aliphatic carbocycles. The van der Waals surface area contributed by atoms with Crippen LogP contribution in [0.4, 0.5) is 0 Å². The highest BCUT2D eigenvalue weighted by Gasteiger charge is 2.25. The molecule has 2 rings (SSSR count). The predicted molar refractivity (Wildman–Crippen MR) is 87.1 cm³/mol. The van der Waals surface area contributed by atoms with Gasteiger partial charge in [-0.05, 0) is 44.7 Å². The molecule has 0 radical (unpaired) electrons. The van der Waals surface area contributed by atoms with Crippen molar-refractivity contribution in [3.63, 3.8) is 0 Å². The van der Waals surface area contributed by atoms with Gasteiger partial charge in [0.05, 0.1) is 0 Å². The highest BCUT2D eigenvalue weighted by atomic mass is 35.5. The number of piperidine rings is 1. The van der Waals surface area contributed by atoms with Gasteiger partial charge in [-0.25, -0.2) is 0 Å². The van der Waals surface area contributed by atoms with Gasteiger partial charge in [0.2, 0.25) is 0 Å². The number of hydrogen-bond acceptors (Lipinski definition) is 3. The normalized spacial score (nSPS) is 18.0. The molecule has 1 aromatic rings. The minimum atomic E-state index is 0. The third-order valence-electron chi connectivity index (χ3n) is 3.90. The molecule has 4 nitrogen and oxygen atoms in total. The molecule has 118 valence electrons. The molecule has 2 N–H and O–H groups in total. The van der Waals surface area contributed by atoms with Crippen LogP contribution in [0.15, 0.2) is 18.2 Å². The van der Waals surface area contributed by atoms with Crippen LogP contribution in [-0.2, 0) is 4.79 Å². The maximum atomic E-state index is 12.3. The van der Waals surface area contributed by atoms with E-state index in [1.54, 1.807) is 0 Å². The number of rotatable bonds is 4. The Morgan fingerprint density at radius 3 is 2.81 bits per heavy atom. The fourth-order valence-corrected chi connectivity index (χ4v) is 2.76. The highest BCUT2D eigenvalue weighted by molar-refractivity contribution is 5.85. The number of carbonyl (C=O) groups excluding carboxylic acids is 1. The van der Waals surface area contributed by atoms with Gasteiger partial charge >= 0.3 is 0 Å².